The molecule has 0 saturated carbocycles. The van der Waals surface area contributed by atoms with Gasteiger partial charge in [-0.15, -0.1) is 0 Å². The number of ether oxygens (including phenoxy) is 2. The number of nitrogens with one attached hydrogen (secondary N) is 2. The lowest BCUT2D eigenvalue weighted by Crippen LogP contribution is -2.30. The van der Waals surface area contributed by atoms with Gasteiger partial charge in [0.15, 0.2) is 0 Å². The van der Waals surface area contributed by atoms with E-state index in [0.717, 1.165) is 45.4 Å². The minimum Gasteiger partial charge on any atom is -0.489 e. The molecule has 1 unspecified atom stereocenters. The van der Waals surface area contributed by atoms with Crippen LogP contribution in [0, 0.1) is 0 Å². The summed E-state index contributed by atoms with van der Waals surface area (Å²) in [6, 6.07) is 32.9. The van der Waals surface area contributed by atoms with Gasteiger partial charge in [0.05, 0.1) is 5.52 Å². The summed E-state index contributed by atoms with van der Waals surface area (Å²) < 4.78 is 12.1. The van der Waals surface area contributed by atoms with E-state index in [9.17, 15) is 0 Å². The summed E-state index contributed by atoms with van der Waals surface area (Å²) in [5.41, 5.74) is 4.52. The third kappa shape index (κ3) is 4.61. The molecule has 4 aromatic carbocycles. The van der Waals surface area contributed by atoms with E-state index in [4.69, 9.17) is 9.47 Å². The van der Waals surface area contributed by atoms with Crippen LogP contribution in [0.2, 0.25) is 0 Å². The monoisotopic (exact) mass is 422 g/mol. The van der Waals surface area contributed by atoms with E-state index in [0.29, 0.717) is 6.61 Å². The molecule has 0 bridgehead atoms. The lowest BCUT2D eigenvalue weighted by Gasteiger charge is -2.16. The van der Waals surface area contributed by atoms with Crippen LogP contribution >= 0.6 is 0 Å². The average Bonchev–Trinajstić information content (AvgIpc) is 3.20. The van der Waals surface area contributed by atoms with Crippen LogP contribution in [-0.2, 0) is 13.2 Å². The minimum absolute atomic E-state index is 0.102. The zero-order chi connectivity index (χ0) is 21.8. The first-order valence-corrected chi connectivity index (χ1v) is 10.9. The van der Waals surface area contributed by atoms with Crippen molar-refractivity contribution in [3.63, 3.8) is 0 Å². The normalized spacial score (nSPS) is 12.2. The molecule has 5 rings (SSSR count). The molecule has 1 heterocycles. The van der Waals surface area contributed by atoms with Gasteiger partial charge in [-0.1, -0.05) is 60.7 Å². The van der Waals surface area contributed by atoms with E-state index in [2.05, 4.69) is 58.8 Å². The molecule has 0 aliphatic carbocycles. The lowest BCUT2D eigenvalue weighted by atomic mass is 10.1. The van der Waals surface area contributed by atoms with E-state index >= 15 is 0 Å². The van der Waals surface area contributed by atoms with Crippen molar-refractivity contribution in [2.45, 2.75) is 26.3 Å². The highest BCUT2D eigenvalue weighted by molar-refractivity contribution is 6.08. The van der Waals surface area contributed by atoms with E-state index in [1.165, 1.54) is 5.56 Å². The van der Waals surface area contributed by atoms with Crippen LogP contribution in [0.4, 0.5) is 0 Å². The number of aromatic amines is 1. The molecule has 0 spiro atoms. The molecule has 0 aliphatic rings. The van der Waals surface area contributed by atoms with Gasteiger partial charge >= 0.3 is 0 Å². The molecule has 0 saturated heterocycles. The number of fused-ring (bicyclic) bond motifs is 3. The molecule has 4 nitrogen and oxygen atoms in total. The number of hydrogen-bond acceptors (Lipinski definition) is 3. The fourth-order valence-electron chi connectivity index (χ4n) is 3.87. The van der Waals surface area contributed by atoms with Crippen LogP contribution in [0.3, 0.4) is 0 Å². The molecule has 1 atom stereocenters. The second-order valence-electron chi connectivity index (χ2n) is 7.94. The second-order valence-corrected chi connectivity index (χ2v) is 7.94. The van der Waals surface area contributed by atoms with Gasteiger partial charge in [-0.3, -0.25) is 5.32 Å². The molecular weight excluding hydrogens is 396 g/mol. The van der Waals surface area contributed by atoms with Crippen LogP contribution in [0.1, 0.15) is 18.1 Å². The molecule has 0 radical (unpaired) electrons. The minimum atomic E-state index is -0.102. The predicted octanol–water partition coefficient (Wildman–Crippen LogP) is 6.41. The second kappa shape index (κ2) is 9.16. The van der Waals surface area contributed by atoms with Gasteiger partial charge in [-0.2, -0.15) is 0 Å². The van der Waals surface area contributed by atoms with Crippen LogP contribution in [0.15, 0.2) is 97.1 Å². The molecule has 0 fully saturated rings. The van der Waals surface area contributed by atoms with Gasteiger partial charge in [0.2, 0.25) is 0 Å². The molecule has 0 amide bonds. The molecule has 32 heavy (non-hydrogen) atoms. The number of aromatic nitrogens is 1. The first-order chi connectivity index (χ1) is 15.7. The Morgan fingerprint density at radius 1 is 0.719 bits per heavy atom. The third-order valence-corrected chi connectivity index (χ3v) is 5.54. The highest BCUT2D eigenvalue weighted by atomic mass is 16.5. The molecule has 160 valence electrons. The number of H-pyrrole nitrogens is 1. The fraction of sp³-hybridized carbons (Fsp3) is 0.143. The van der Waals surface area contributed by atoms with Gasteiger partial charge in [-0.25, -0.2) is 0 Å². The standard InChI is InChI=1S/C28H26N2O2/c1-20(29-18-21-8-4-2-5-9-21)32-24-12-14-25-26-16-23(13-15-27(26)30-28(25)17-24)31-19-22-10-6-3-7-11-22/h2-17,20,29-30H,18-19H2,1H3. The van der Waals surface area contributed by atoms with Gasteiger partial charge in [0.25, 0.3) is 0 Å². The maximum Gasteiger partial charge on any atom is 0.147 e. The molecule has 1 aromatic heterocycles. The Kier molecular flexibility index (Phi) is 5.77. The Labute approximate surface area is 187 Å². The summed E-state index contributed by atoms with van der Waals surface area (Å²) in [6.07, 6.45) is -0.102. The van der Waals surface area contributed by atoms with Gasteiger partial charge in [-0.05, 0) is 48.4 Å². The summed E-state index contributed by atoms with van der Waals surface area (Å²) >= 11 is 0. The summed E-state index contributed by atoms with van der Waals surface area (Å²) in [5, 5.41) is 5.71. The molecular formula is C28H26N2O2. The molecule has 4 heteroatoms. The topological polar surface area (TPSA) is 46.3 Å². The van der Waals surface area contributed by atoms with Gasteiger partial charge in [0, 0.05) is 28.9 Å². The summed E-state index contributed by atoms with van der Waals surface area (Å²) in [6.45, 7) is 3.34. The fourth-order valence-corrected chi connectivity index (χ4v) is 3.87. The van der Waals surface area contributed by atoms with E-state index in [-0.39, 0.29) is 6.23 Å². The van der Waals surface area contributed by atoms with Crippen LogP contribution in [0.25, 0.3) is 21.8 Å². The van der Waals surface area contributed by atoms with Gasteiger partial charge in [0.1, 0.15) is 24.3 Å². The Bertz CT molecular complexity index is 1310. The zero-order valence-electron chi connectivity index (χ0n) is 18.0. The molecule has 5 aromatic rings. The number of hydrogen-bond donors (Lipinski definition) is 2. The highest BCUT2D eigenvalue weighted by Crippen LogP contribution is 2.31. The maximum absolute atomic E-state index is 6.10. The average molecular weight is 423 g/mol. The predicted molar refractivity (Wildman–Crippen MR) is 130 cm³/mol. The van der Waals surface area contributed by atoms with E-state index < -0.39 is 0 Å². The zero-order valence-corrected chi connectivity index (χ0v) is 18.0. The van der Waals surface area contributed by atoms with Crippen molar-refractivity contribution in [3.05, 3.63) is 108 Å². The van der Waals surface area contributed by atoms with Crippen molar-refractivity contribution in [2.75, 3.05) is 0 Å². The van der Waals surface area contributed by atoms with E-state index in [1.54, 1.807) is 0 Å². The summed E-state index contributed by atoms with van der Waals surface area (Å²) in [7, 11) is 0. The smallest absolute Gasteiger partial charge is 0.147 e. The summed E-state index contributed by atoms with van der Waals surface area (Å²) in [4.78, 5) is 3.49. The van der Waals surface area contributed by atoms with Crippen LogP contribution < -0.4 is 14.8 Å². The largest absolute Gasteiger partial charge is 0.489 e. The Balaban J connectivity index is 1.29. The lowest BCUT2D eigenvalue weighted by molar-refractivity contribution is 0.181. The van der Waals surface area contributed by atoms with Crippen molar-refractivity contribution in [1.29, 1.82) is 0 Å². The van der Waals surface area contributed by atoms with Crippen molar-refractivity contribution >= 4 is 21.8 Å². The van der Waals surface area contributed by atoms with Crippen molar-refractivity contribution in [3.8, 4) is 11.5 Å². The van der Waals surface area contributed by atoms with Crippen LogP contribution in [0.5, 0.6) is 11.5 Å². The van der Waals surface area contributed by atoms with Crippen molar-refractivity contribution in [2.24, 2.45) is 0 Å². The maximum atomic E-state index is 6.10. The SMILES string of the molecule is CC(NCc1ccccc1)Oc1ccc2c(c1)[nH]c1ccc(OCc3ccccc3)cc12. The first kappa shape index (κ1) is 20.2. The third-order valence-electron chi connectivity index (χ3n) is 5.54. The Hall–Kier alpha value is -3.76. The first-order valence-electron chi connectivity index (χ1n) is 10.9. The quantitative estimate of drug-likeness (QED) is 0.284. The van der Waals surface area contributed by atoms with E-state index in [1.807, 2.05) is 55.5 Å². The van der Waals surface area contributed by atoms with Crippen molar-refractivity contribution in [1.82, 2.24) is 10.3 Å². The van der Waals surface area contributed by atoms with Crippen LogP contribution in [-0.4, -0.2) is 11.2 Å². The van der Waals surface area contributed by atoms with Crippen molar-refractivity contribution < 1.29 is 9.47 Å². The number of benzene rings is 4. The summed E-state index contributed by atoms with van der Waals surface area (Å²) in [5.74, 6) is 1.69. The Morgan fingerprint density at radius 3 is 2.22 bits per heavy atom. The molecule has 2 N–H and O–H groups in total. The van der Waals surface area contributed by atoms with Gasteiger partial charge < -0.3 is 14.5 Å². The molecule has 0 aliphatic heterocycles. The number of rotatable bonds is 8. The highest BCUT2D eigenvalue weighted by Gasteiger charge is 2.09. The Morgan fingerprint density at radius 2 is 1.44 bits per heavy atom.